The fourth-order valence-corrected chi connectivity index (χ4v) is 8.92. The number of rotatable bonds is 12. The van der Waals surface area contributed by atoms with Gasteiger partial charge in [-0.15, -0.1) is 23.1 Å². The van der Waals surface area contributed by atoms with E-state index in [4.69, 9.17) is 0 Å². The van der Waals surface area contributed by atoms with Gasteiger partial charge in [0.1, 0.15) is 0 Å². The number of hydrogen-bond donors (Lipinski definition) is 0. The number of thioether (sulfide) groups is 1. The van der Waals surface area contributed by atoms with Gasteiger partial charge in [0.15, 0.2) is 0 Å². The zero-order chi connectivity index (χ0) is 21.0. The van der Waals surface area contributed by atoms with E-state index >= 15 is 0 Å². The van der Waals surface area contributed by atoms with E-state index in [2.05, 4.69) is 76.8 Å². The zero-order valence-corrected chi connectivity index (χ0v) is 21.5. The number of unbranched alkanes of at least 4 members (excludes halogenated alkanes) is 2. The molecule has 2 aliphatic rings. The molecule has 2 heteroatoms. The molecule has 2 heterocycles. The molecule has 0 amide bonds. The lowest BCUT2D eigenvalue weighted by molar-refractivity contribution is 0.191. The number of hydrogen-bond acceptors (Lipinski definition) is 2. The normalized spacial score (nSPS) is 27.6. The van der Waals surface area contributed by atoms with Crippen LogP contribution in [0.3, 0.4) is 0 Å². The van der Waals surface area contributed by atoms with Crippen LogP contribution in [0.15, 0.2) is 17.0 Å². The molecule has 0 saturated carbocycles. The van der Waals surface area contributed by atoms with E-state index < -0.39 is 0 Å². The van der Waals surface area contributed by atoms with Gasteiger partial charge in [0.25, 0.3) is 0 Å². The van der Waals surface area contributed by atoms with Gasteiger partial charge >= 0.3 is 0 Å². The van der Waals surface area contributed by atoms with Crippen molar-refractivity contribution in [2.24, 2.45) is 17.8 Å². The third-order valence-electron chi connectivity index (χ3n) is 7.76. The number of thiophene rings is 1. The van der Waals surface area contributed by atoms with Gasteiger partial charge in [-0.1, -0.05) is 85.1 Å². The van der Waals surface area contributed by atoms with E-state index in [0.29, 0.717) is 10.7 Å². The Morgan fingerprint density at radius 2 is 1.52 bits per heavy atom. The van der Waals surface area contributed by atoms with Gasteiger partial charge in [-0.2, -0.15) is 0 Å². The number of allylic oxidation sites excluding steroid dienone is 2. The molecule has 0 nitrogen and oxygen atoms in total. The monoisotopic (exact) mass is 432 g/mol. The summed E-state index contributed by atoms with van der Waals surface area (Å²) in [7, 11) is 0. The first kappa shape index (κ1) is 23.5. The van der Waals surface area contributed by atoms with Crippen LogP contribution in [0.4, 0.5) is 0 Å². The highest BCUT2D eigenvalue weighted by atomic mass is 32.2. The molecule has 1 aromatic heterocycles. The maximum atomic E-state index is 2.69. The van der Waals surface area contributed by atoms with Crippen molar-refractivity contribution in [1.29, 1.82) is 0 Å². The Hall–Kier alpha value is -0.210. The van der Waals surface area contributed by atoms with Crippen LogP contribution in [0, 0.1) is 24.7 Å². The van der Waals surface area contributed by atoms with Crippen molar-refractivity contribution in [2.75, 3.05) is 0 Å². The summed E-state index contributed by atoms with van der Waals surface area (Å²) in [4.78, 5) is 4.84. The van der Waals surface area contributed by atoms with Crippen molar-refractivity contribution in [2.45, 2.75) is 116 Å². The Morgan fingerprint density at radius 1 is 0.931 bits per heavy atom. The van der Waals surface area contributed by atoms with Gasteiger partial charge in [0.2, 0.25) is 0 Å². The van der Waals surface area contributed by atoms with E-state index in [0.717, 1.165) is 17.8 Å². The first-order valence-corrected chi connectivity index (χ1v) is 14.1. The molecule has 0 spiro atoms. The highest BCUT2D eigenvalue weighted by Crippen LogP contribution is 2.67. The van der Waals surface area contributed by atoms with Crippen molar-refractivity contribution in [1.82, 2.24) is 0 Å². The lowest BCUT2D eigenvalue weighted by atomic mass is 9.63. The smallest absolute Gasteiger partial charge is 0.0509 e. The first-order chi connectivity index (χ1) is 14.0. The van der Waals surface area contributed by atoms with Gasteiger partial charge in [-0.25, -0.2) is 0 Å². The lowest BCUT2D eigenvalue weighted by Gasteiger charge is -2.41. The lowest BCUT2D eigenvalue weighted by Crippen LogP contribution is -2.36. The number of fused-ring (bicyclic) bond motifs is 3. The van der Waals surface area contributed by atoms with E-state index in [1.54, 1.807) is 15.3 Å². The first-order valence-electron chi connectivity index (χ1n) is 12.4. The minimum atomic E-state index is 0.387. The van der Waals surface area contributed by atoms with Crippen molar-refractivity contribution in [3.63, 3.8) is 0 Å². The maximum Gasteiger partial charge on any atom is 0.0509 e. The molecule has 0 radical (unpaired) electrons. The molecule has 29 heavy (non-hydrogen) atoms. The average molecular weight is 433 g/mol. The van der Waals surface area contributed by atoms with Gasteiger partial charge in [-0.05, 0) is 55.1 Å². The summed E-state index contributed by atoms with van der Waals surface area (Å²) in [6.45, 7) is 14.3. The maximum absolute atomic E-state index is 2.69. The molecule has 164 valence electrons. The van der Waals surface area contributed by atoms with E-state index in [-0.39, 0.29) is 0 Å². The Kier molecular flexibility index (Phi) is 8.41. The van der Waals surface area contributed by atoms with Gasteiger partial charge in [-0.3, -0.25) is 0 Å². The highest BCUT2D eigenvalue weighted by Gasteiger charge is 2.55. The third-order valence-corrected chi connectivity index (χ3v) is 10.3. The molecule has 1 aliphatic heterocycles. The van der Waals surface area contributed by atoms with Crippen molar-refractivity contribution >= 4 is 23.1 Å². The van der Waals surface area contributed by atoms with Crippen LogP contribution in [0.1, 0.15) is 119 Å². The van der Waals surface area contributed by atoms with Gasteiger partial charge in [0.05, 0.1) is 5.25 Å². The van der Waals surface area contributed by atoms with Crippen molar-refractivity contribution < 1.29 is 0 Å². The Labute approximate surface area is 189 Å². The molecule has 0 fully saturated rings. The summed E-state index contributed by atoms with van der Waals surface area (Å²) in [6, 6.07) is 2.61. The van der Waals surface area contributed by atoms with Crippen LogP contribution >= 0.6 is 23.1 Å². The fourth-order valence-electron chi connectivity index (χ4n) is 6.12. The molecule has 3 rings (SSSR count). The summed E-state index contributed by atoms with van der Waals surface area (Å²) in [5.41, 5.74) is 2.16. The van der Waals surface area contributed by atoms with Crippen LogP contribution in [-0.4, -0.2) is 0 Å². The molecular formula is C27H44S2. The van der Waals surface area contributed by atoms with Crippen LogP contribution in [0.2, 0.25) is 0 Å². The van der Waals surface area contributed by atoms with Crippen molar-refractivity contribution in [3.05, 3.63) is 32.4 Å². The second kappa shape index (κ2) is 10.4. The van der Waals surface area contributed by atoms with Gasteiger partial charge < -0.3 is 0 Å². The van der Waals surface area contributed by atoms with E-state index in [1.165, 1.54) is 69.1 Å². The van der Waals surface area contributed by atoms with Gasteiger partial charge in [0, 0.05) is 21.1 Å². The SMILES string of the molecule is CCCCC(CC)CC1(CC(CC)CCCC)c2cc(C)sc2C2SC(C)=CC21. The van der Waals surface area contributed by atoms with E-state index in [9.17, 15) is 0 Å². The van der Waals surface area contributed by atoms with Crippen molar-refractivity contribution in [3.8, 4) is 0 Å². The topological polar surface area (TPSA) is 0 Å². The van der Waals surface area contributed by atoms with E-state index in [1.807, 2.05) is 0 Å². The Balaban J connectivity index is 2.01. The summed E-state index contributed by atoms with van der Waals surface area (Å²) in [5, 5.41) is 0.705. The molecule has 1 aliphatic carbocycles. The number of aryl methyl sites for hydroxylation is 1. The molecule has 4 atom stereocenters. The Bertz CT molecular complexity index is 665. The predicted octanol–water partition coefficient (Wildman–Crippen LogP) is 9.83. The highest BCUT2D eigenvalue weighted by molar-refractivity contribution is 8.03. The predicted molar refractivity (Wildman–Crippen MR) is 134 cm³/mol. The summed E-state index contributed by atoms with van der Waals surface area (Å²) >= 11 is 4.28. The molecule has 0 saturated heterocycles. The zero-order valence-electron chi connectivity index (χ0n) is 19.9. The molecule has 4 unspecified atom stereocenters. The van der Waals surface area contributed by atoms with Crippen LogP contribution in [-0.2, 0) is 5.41 Å². The molecule has 0 aromatic carbocycles. The second-order valence-electron chi connectivity index (χ2n) is 9.87. The van der Waals surface area contributed by atoms with Crippen LogP contribution in [0.25, 0.3) is 0 Å². The largest absolute Gasteiger partial charge is 0.144 e. The summed E-state index contributed by atoms with van der Waals surface area (Å²) < 4.78 is 0. The summed E-state index contributed by atoms with van der Waals surface area (Å²) in [6.07, 6.45) is 16.5. The molecule has 0 N–H and O–H groups in total. The second-order valence-corrected chi connectivity index (χ2v) is 12.5. The Morgan fingerprint density at radius 3 is 2.03 bits per heavy atom. The minimum absolute atomic E-state index is 0.387. The quantitative estimate of drug-likeness (QED) is 0.316. The average Bonchev–Trinajstić information content (AvgIpc) is 3.34. The standard InChI is InChI=1S/C27H44S2/c1-7-11-13-21(9-3)17-27(18-22(10-4)14-12-8-2)23-15-19(5)28-25(23)26-24(27)16-20(6)29-26/h15-16,21-23,25H,7-14,17-18H2,1-6H3. The fraction of sp³-hybridized carbons (Fsp3) is 0.778. The molecule has 1 aromatic rings. The van der Waals surface area contributed by atoms with Crippen LogP contribution < -0.4 is 0 Å². The molecule has 0 bridgehead atoms. The third kappa shape index (κ3) is 4.84. The van der Waals surface area contributed by atoms with Crippen LogP contribution in [0.5, 0.6) is 0 Å². The molecular weight excluding hydrogens is 388 g/mol. The minimum Gasteiger partial charge on any atom is -0.144 e. The summed E-state index contributed by atoms with van der Waals surface area (Å²) in [5.74, 6) is 2.50.